The fraction of sp³-hybridized carbons (Fsp3) is 0.125. The number of carboxylic acids is 1. The number of carboxylic acid groups (broad SMARTS) is 1. The average molecular weight is 194 g/mol. The molecule has 0 aliphatic carbocycles. The number of fused-ring (bicyclic) bond motifs is 1. The van der Waals surface area contributed by atoms with Crippen LogP contribution in [-0.4, -0.2) is 21.0 Å². The van der Waals surface area contributed by atoms with E-state index in [1.807, 2.05) is 0 Å². The van der Waals surface area contributed by atoms with Crippen LogP contribution in [0.2, 0.25) is 0 Å². The third-order valence-electron chi connectivity index (χ3n) is 1.81. The Morgan fingerprint density at radius 3 is 3.00 bits per heavy atom. The van der Waals surface area contributed by atoms with Crippen molar-refractivity contribution in [2.24, 2.45) is 0 Å². The molecule has 1 N–H and O–H groups in total. The Morgan fingerprint density at radius 1 is 1.62 bits per heavy atom. The van der Waals surface area contributed by atoms with Gasteiger partial charge in [-0.25, -0.2) is 14.8 Å². The summed E-state index contributed by atoms with van der Waals surface area (Å²) < 4.78 is 0. The predicted molar refractivity (Wildman–Crippen MR) is 49.1 cm³/mol. The lowest BCUT2D eigenvalue weighted by molar-refractivity contribution is 0.0701. The first kappa shape index (κ1) is 8.12. The highest BCUT2D eigenvalue weighted by atomic mass is 32.1. The first-order chi connectivity index (χ1) is 6.20. The third kappa shape index (κ3) is 1.17. The van der Waals surface area contributed by atoms with E-state index in [1.165, 1.54) is 17.7 Å². The lowest BCUT2D eigenvalue weighted by atomic mass is 10.2. The van der Waals surface area contributed by atoms with Gasteiger partial charge in [0, 0.05) is 11.6 Å². The van der Waals surface area contributed by atoms with Crippen molar-refractivity contribution in [2.45, 2.75) is 6.92 Å². The Morgan fingerprint density at radius 2 is 2.38 bits per heavy atom. The van der Waals surface area contributed by atoms with Crippen LogP contribution >= 0.6 is 11.3 Å². The van der Waals surface area contributed by atoms with Crippen LogP contribution in [0.15, 0.2) is 12.5 Å². The Kier molecular flexibility index (Phi) is 1.73. The second kappa shape index (κ2) is 2.77. The Labute approximate surface area is 77.9 Å². The molecule has 0 unspecified atom stereocenters. The summed E-state index contributed by atoms with van der Waals surface area (Å²) in [6.07, 6.45) is 3.06. The molecule has 0 fully saturated rings. The molecule has 13 heavy (non-hydrogen) atoms. The molecule has 0 saturated heterocycles. The topological polar surface area (TPSA) is 63.1 Å². The van der Waals surface area contributed by atoms with Crippen LogP contribution in [0.3, 0.4) is 0 Å². The van der Waals surface area contributed by atoms with E-state index in [9.17, 15) is 4.79 Å². The molecule has 0 amide bonds. The van der Waals surface area contributed by atoms with Crippen molar-refractivity contribution in [3.63, 3.8) is 0 Å². The molecule has 0 aliphatic rings. The lowest BCUT2D eigenvalue weighted by Gasteiger charge is -1.89. The molecule has 2 rings (SSSR count). The van der Waals surface area contributed by atoms with E-state index in [-0.39, 0.29) is 0 Å². The molecule has 0 atom stereocenters. The van der Waals surface area contributed by atoms with Crippen LogP contribution in [0.1, 0.15) is 15.2 Å². The van der Waals surface area contributed by atoms with Crippen molar-refractivity contribution in [3.8, 4) is 0 Å². The minimum atomic E-state index is -0.902. The van der Waals surface area contributed by atoms with Gasteiger partial charge in [-0.1, -0.05) is 0 Å². The number of hydrogen-bond donors (Lipinski definition) is 1. The zero-order chi connectivity index (χ0) is 9.42. The summed E-state index contributed by atoms with van der Waals surface area (Å²) in [6.45, 7) is 1.77. The van der Waals surface area contributed by atoms with Gasteiger partial charge in [0.2, 0.25) is 0 Å². The van der Waals surface area contributed by atoms with Gasteiger partial charge in [-0.05, 0) is 12.5 Å². The van der Waals surface area contributed by atoms with Crippen LogP contribution in [0.4, 0.5) is 0 Å². The Bertz CT molecular complexity index is 478. The monoisotopic (exact) mass is 194 g/mol. The van der Waals surface area contributed by atoms with E-state index in [2.05, 4.69) is 9.97 Å². The van der Waals surface area contributed by atoms with Gasteiger partial charge in [-0.15, -0.1) is 11.3 Å². The van der Waals surface area contributed by atoms with E-state index in [4.69, 9.17) is 5.11 Å². The molecule has 4 nitrogen and oxygen atoms in total. The van der Waals surface area contributed by atoms with Crippen molar-refractivity contribution in [3.05, 3.63) is 23.0 Å². The van der Waals surface area contributed by atoms with Gasteiger partial charge in [0.25, 0.3) is 0 Å². The maximum Gasteiger partial charge on any atom is 0.346 e. The highest BCUT2D eigenvalue weighted by Crippen LogP contribution is 2.27. The van der Waals surface area contributed by atoms with E-state index < -0.39 is 5.97 Å². The first-order valence-electron chi connectivity index (χ1n) is 3.62. The Balaban J connectivity index is 2.81. The van der Waals surface area contributed by atoms with Gasteiger partial charge in [-0.2, -0.15) is 0 Å². The Hall–Kier alpha value is -1.49. The largest absolute Gasteiger partial charge is 0.477 e. The molecule has 0 aromatic carbocycles. The number of rotatable bonds is 1. The van der Waals surface area contributed by atoms with E-state index in [0.717, 1.165) is 15.8 Å². The molecule has 2 aromatic rings. The molecule has 2 heterocycles. The summed E-state index contributed by atoms with van der Waals surface area (Å²) in [5.74, 6) is -0.902. The van der Waals surface area contributed by atoms with E-state index in [0.29, 0.717) is 4.88 Å². The van der Waals surface area contributed by atoms with Crippen LogP contribution in [0, 0.1) is 6.92 Å². The van der Waals surface area contributed by atoms with Gasteiger partial charge in [-0.3, -0.25) is 0 Å². The van der Waals surface area contributed by atoms with Crippen LogP contribution in [-0.2, 0) is 0 Å². The predicted octanol–water partition coefficient (Wildman–Crippen LogP) is 1.70. The van der Waals surface area contributed by atoms with Gasteiger partial charge >= 0.3 is 5.97 Å². The van der Waals surface area contributed by atoms with Gasteiger partial charge < -0.3 is 5.11 Å². The first-order valence-corrected chi connectivity index (χ1v) is 4.44. The average Bonchev–Trinajstić information content (AvgIpc) is 2.45. The summed E-state index contributed by atoms with van der Waals surface area (Å²) in [7, 11) is 0. The molecule has 2 aromatic heterocycles. The zero-order valence-corrected chi connectivity index (χ0v) is 7.63. The van der Waals surface area contributed by atoms with Crippen molar-refractivity contribution in [2.75, 3.05) is 0 Å². The smallest absolute Gasteiger partial charge is 0.346 e. The lowest BCUT2D eigenvalue weighted by Crippen LogP contribution is -1.93. The van der Waals surface area contributed by atoms with E-state index >= 15 is 0 Å². The number of aryl methyl sites for hydroxylation is 1. The molecule has 0 radical (unpaired) electrons. The number of thiophene rings is 1. The van der Waals surface area contributed by atoms with Gasteiger partial charge in [0.05, 0.1) is 0 Å². The zero-order valence-electron chi connectivity index (χ0n) is 6.81. The molecule has 0 aliphatic heterocycles. The normalized spacial score (nSPS) is 10.5. The summed E-state index contributed by atoms with van der Waals surface area (Å²) in [5.41, 5.74) is 0.744. The van der Waals surface area contributed by atoms with Crippen molar-refractivity contribution >= 4 is 27.5 Å². The maximum atomic E-state index is 10.8. The quantitative estimate of drug-likeness (QED) is 0.750. The third-order valence-corrected chi connectivity index (χ3v) is 3.02. The van der Waals surface area contributed by atoms with E-state index in [1.54, 1.807) is 13.1 Å². The number of aromatic nitrogens is 2. The summed E-state index contributed by atoms with van der Waals surface area (Å²) in [5, 5.41) is 9.65. The van der Waals surface area contributed by atoms with Crippen molar-refractivity contribution in [1.29, 1.82) is 0 Å². The fourth-order valence-corrected chi connectivity index (χ4v) is 2.12. The molecular weight excluding hydrogens is 188 g/mol. The number of carbonyl (C=O) groups is 1. The summed E-state index contributed by atoms with van der Waals surface area (Å²) >= 11 is 1.18. The molecule has 5 heteroatoms. The number of nitrogens with zero attached hydrogens (tertiary/aromatic N) is 2. The minimum Gasteiger partial charge on any atom is -0.477 e. The molecule has 0 spiro atoms. The van der Waals surface area contributed by atoms with Crippen LogP contribution in [0.25, 0.3) is 10.2 Å². The maximum absolute atomic E-state index is 10.8. The summed E-state index contributed by atoms with van der Waals surface area (Å²) in [6, 6.07) is 0. The highest BCUT2D eigenvalue weighted by molar-refractivity contribution is 7.20. The van der Waals surface area contributed by atoms with Gasteiger partial charge in [0.15, 0.2) is 0 Å². The molecule has 66 valence electrons. The molecule has 0 saturated carbocycles. The highest BCUT2D eigenvalue weighted by Gasteiger charge is 2.14. The van der Waals surface area contributed by atoms with Gasteiger partial charge in [0.1, 0.15) is 16.0 Å². The number of hydrogen-bond acceptors (Lipinski definition) is 4. The molecule has 0 bridgehead atoms. The fourth-order valence-electron chi connectivity index (χ4n) is 1.16. The van der Waals surface area contributed by atoms with Crippen LogP contribution < -0.4 is 0 Å². The summed E-state index contributed by atoms with van der Waals surface area (Å²) in [4.78, 5) is 19.7. The van der Waals surface area contributed by atoms with Crippen molar-refractivity contribution in [1.82, 2.24) is 9.97 Å². The minimum absolute atomic E-state index is 0.343. The second-order valence-electron chi connectivity index (χ2n) is 2.60. The number of aromatic carboxylic acids is 1. The SMILES string of the molecule is Cc1c(C(=O)O)sc2ncncc12. The standard InChI is InChI=1S/C8H6N2O2S/c1-4-5-2-9-3-10-7(5)13-6(4)8(11)12/h2-3H,1H3,(H,11,12). The van der Waals surface area contributed by atoms with Crippen molar-refractivity contribution < 1.29 is 9.90 Å². The second-order valence-corrected chi connectivity index (χ2v) is 3.60. The molecular formula is C8H6N2O2S. The van der Waals surface area contributed by atoms with Crippen LogP contribution in [0.5, 0.6) is 0 Å².